The van der Waals surface area contributed by atoms with Crippen LogP contribution in [-0.4, -0.2) is 35.8 Å². The minimum atomic E-state index is 0.0755. The van der Waals surface area contributed by atoms with Crippen molar-refractivity contribution in [3.63, 3.8) is 0 Å². The fourth-order valence-corrected chi connectivity index (χ4v) is 2.76. The summed E-state index contributed by atoms with van der Waals surface area (Å²) in [6.07, 6.45) is 9.71. The van der Waals surface area contributed by atoms with Crippen LogP contribution in [0.1, 0.15) is 71.6 Å². The van der Waals surface area contributed by atoms with Gasteiger partial charge in [-0.15, -0.1) is 0 Å². The predicted octanol–water partition coefficient (Wildman–Crippen LogP) is 2.86. The molecular weight excluding hydrogens is 252 g/mol. The van der Waals surface area contributed by atoms with Gasteiger partial charge in [0.15, 0.2) is 0 Å². The summed E-state index contributed by atoms with van der Waals surface area (Å²) < 4.78 is 0. The SMILES string of the molecule is CCCCCN(CCC(=O)NC1CCCCC1)C(C)=O. The molecule has 0 bridgehead atoms. The molecule has 0 radical (unpaired) electrons. The molecular formula is C16H30N2O2. The standard InChI is InChI=1S/C16H30N2O2/c1-3-4-8-12-18(14(2)19)13-11-16(20)17-15-9-6-5-7-10-15/h15H,3-13H2,1-2H3,(H,17,20). The molecule has 1 saturated carbocycles. The molecule has 0 unspecified atom stereocenters. The Bertz CT molecular complexity index is 299. The third kappa shape index (κ3) is 6.92. The first-order valence-electron chi connectivity index (χ1n) is 8.18. The summed E-state index contributed by atoms with van der Waals surface area (Å²) in [4.78, 5) is 25.3. The normalized spacial score (nSPS) is 15.9. The van der Waals surface area contributed by atoms with Gasteiger partial charge in [0.1, 0.15) is 0 Å². The van der Waals surface area contributed by atoms with E-state index in [9.17, 15) is 9.59 Å². The number of unbranched alkanes of at least 4 members (excludes halogenated alkanes) is 2. The quantitative estimate of drug-likeness (QED) is 0.696. The number of nitrogens with one attached hydrogen (secondary N) is 1. The molecule has 0 aliphatic heterocycles. The molecule has 20 heavy (non-hydrogen) atoms. The lowest BCUT2D eigenvalue weighted by atomic mass is 9.95. The smallest absolute Gasteiger partial charge is 0.221 e. The lowest BCUT2D eigenvalue weighted by molar-refractivity contribution is -0.129. The molecule has 1 N–H and O–H groups in total. The van der Waals surface area contributed by atoms with Crippen molar-refractivity contribution >= 4 is 11.8 Å². The molecule has 0 aromatic rings. The summed E-state index contributed by atoms with van der Waals surface area (Å²) in [6.45, 7) is 5.07. The number of hydrogen-bond donors (Lipinski definition) is 1. The molecule has 0 saturated heterocycles. The van der Waals surface area contributed by atoms with Crippen molar-refractivity contribution in [2.45, 2.75) is 77.7 Å². The Morgan fingerprint density at radius 3 is 2.40 bits per heavy atom. The average molecular weight is 282 g/mol. The van der Waals surface area contributed by atoms with Gasteiger partial charge in [-0.1, -0.05) is 39.0 Å². The van der Waals surface area contributed by atoms with Gasteiger partial charge in [0.2, 0.25) is 11.8 Å². The maximum atomic E-state index is 11.9. The van der Waals surface area contributed by atoms with Crippen molar-refractivity contribution < 1.29 is 9.59 Å². The number of rotatable bonds is 8. The summed E-state index contributed by atoms with van der Waals surface area (Å²) in [7, 11) is 0. The van der Waals surface area contributed by atoms with E-state index >= 15 is 0 Å². The molecule has 4 heteroatoms. The Hall–Kier alpha value is -1.06. The van der Waals surface area contributed by atoms with Crippen molar-refractivity contribution in [2.75, 3.05) is 13.1 Å². The first kappa shape index (κ1) is 17.0. The van der Waals surface area contributed by atoms with E-state index in [1.54, 1.807) is 11.8 Å². The molecule has 4 nitrogen and oxygen atoms in total. The van der Waals surface area contributed by atoms with Crippen LogP contribution in [0.15, 0.2) is 0 Å². The molecule has 1 aliphatic carbocycles. The Morgan fingerprint density at radius 1 is 1.10 bits per heavy atom. The first-order chi connectivity index (χ1) is 9.63. The predicted molar refractivity (Wildman–Crippen MR) is 81.4 cm³/mol. The van der Waals surface area contributed by atoms with Crippen LogP contribution in [0, 0.1) is 0 Å². The second-order valence-electron chi connectivity index (χ2n) is 5.87. The van der Waals surface area contributed by atoms with E-state index in [2.05, 4.69) is 12.2 Å². The van der Waals surface area contributed by atoms with Crippen LogP contribution in [-0.2, 0) is 9.59 Å². The third-order valence-corrected chi connectivity index (χ3v) is 4.06. The summed E-state index contributed by atoms with van der Waals surface area (Å²) in [6, 6.07) is 0.363. The molecule has 0 aromatic heterocycles. The van der Waals surface area contributed by atoms with Crippen molar-refractivity contribution in [1.82, 2.24) is 10.2 Å². The molecule has 1 fully saturated rings. The van der Waals surface area contributed by atoms with Gasteiger partial charge in [0.05, 0.1) is 0 Å². The minimum Gasteiger partial charge on any atom is -0.353 e. The van der Waals surface area contributed by atoms with Gasteiger partial charge in [-0.3, -0.25) is 9.59 Å². The molecule has 0 atom stereocenters. The largest absolute Gasteiger partial charge is 0.353 e. The number of hydrogen-bond acceptors (Lipinski definition) is 2. The maximum Gasteiger partial charge on any atom is 0.221 e. The van der Waals surface area contributed by atoms with Gasteiger partial charge < -0.3 is 10.2 Å². The molecule has 116 valence electrons. The van der Waals surface area contributed by atoms with Crippen LogP contribution in [0.4, 0.5) is 0 Å². The Labute approximate surface area is 123 Å². The second kappa shape index (κ2) is 9.78. The average Bonchev–Trinajstić information content (AvgIpc) is 2.43. The van der Waals surface area contributed by atoms with Gasteiger partial charge in [-0.05, 0) is 19.3 Å². The Balaban J connectivity index is 2.23. The molecule has 0 heterocycles. The van der Waals surface area contributed by atoms with Crippen LogP contribution in [0.5, 0.6) is 0 Å². The number of carbonyl (C=O) groups is 2. The highest BCUT2D eigenvalue weighted by molar-refractivity contribution is 5.78. The van der Waals surface area contributed by atoms with Gasteiger partial charge in [0, 0.05) is 32.5 Å². The van der Waals surface area contributed by atoms with Crippen molar-refractivity contribution in [3.8, 4) is 0 Å². The van der Waals surface area contributed by atoms with Crippen LogP contribution in [0.25, 0.3) is 0 Å². The fourth-order valence-electron chi connectivity index (χ4n) is 2.76. The van der Waals surface area contributed by atoms with Crippen LogP contribution < -0.4 is 5.32 Å². The number of carbonyl (C=O) groups excluding carboxylic acids is 2. The van der Waals surface area contributed by atoms with Crippen LogP contribution in [0.3, 0.4) is 0 Å². The maximum absolute atomic E-state index is 11.9. The molecule has 0 aromatic carbocycles. The lowest BCUT2D eigenvalue weighted by Crippen LogP contribution is -2.39. The molecule has 2 amide bonds. The van der Waals surface area contributed by atoms with Gasteiger partial charge >= 0.3 is 0 Å². The van der Waals surface area contributed by atoms with Gasteiger partial charge in [0.25, 0.3) is 0 Å². The number of nitrogens with zero attached hydrogens (tertiary/aromatic N) is 1. The van der Waals surface area contributed by atoms with Crippen molar-refractivity contribution in [2.24, 2.45) is 0 Å². The van der Waals surface area contributed by atoms with E-state index in [0.29, 0.717) is 19.0 Å². The van der Waals surface area contributed by atoms with Crippen molar-refractivity contribution in [1.29, 1.82) is 0 Å². The zero-order valence-electron chi connectivity index (χ0n) is 13.1. The first-order valence-corrected chi connectivity index (χ1v) is 8.18. The zero-order valence-corrected chi connectivity index (χ0v) is 13.1. The Morgan fingerprint density at radius 2 is 1.80 bits per heavy atom. The highest BCUT2D eigenvalue weighted by Crippen LogP contribution is 2.17. The lowest BCUT2D eigenvalue weighted by Gasteiger charge is -2.24. The minimum absolute atomic E-state index is 0.0755. The van der Waals surface area contributed by atoms with Crippen molar-refractivity contribution in [3.05, 3.63) is 0 Å². The summed E-state index contributed by atoms with van der Waals surface area (Å²) >= 11 is 0. The molecule has 0 spiro atoms. The van der Waals surface area contributed by atoms with Crippen LogP contribution >= 0.6 is 0 Å². The second-order valence-corrected chi connectivity index (χ2v) is 5.87. The highest BCUT2D eigenvalue weighted by Gasteiger charge is 2.16. The summed E-state index contributed by atoms with van der Waals surface area (Å²) in [5.41, 5.74) is 0. The topological polar surface area (TPSA) is 49.4 Å². The van der Waals surface area contributed by atoms with E-state index < -0.39 is 0 Å². The van der Waals surface area contributed by atoms with E-state index in [4.69, 9.17) is 0 Å². The van der Waals surface area contributed by atoms with E-state index in [1.165, 1.54) is 19.3 Å². The van der Waals surface area contributed by atoms with Crippen LogP contribution in [0.2, 0.25) is 0 Å². The number of amides is 2. The fraction of sp³-hybridized carbons (Fsp3) is 0.875. The monoisotopic (exact) mass is 282 g/mol. The van der Waals surface area contributed by atoms with Gasteiger partial charge in [-0.2, -0.15) is 0 Å². The van der Waals surface area contributed by atoms with E-state index in [1.807, 2.05) is 0 Å². The molecule has 1 rings (SSSR count). The Kier molecular flexibility index (Phi) is 8.31. The van der Waals surface area contributed by atoms with Gasteiger partial charge in [-0.25, -0.2) is 0 Å². The highest BCUT2D eigenvalue weighted by atomic mass is 16.2. The zero-order chi connectivity index (χ0) is 14.8. The van der Waals surface area contributed by atoms with E-state index in [-0.39, 0.29) is 11.8 Å². The van der Waals surface area contributed by atoms with E-state index in [0.717, 1.165) is 38.6 Å². The third-order valence-electron chi connectivity index (χ3n) is 4.06. The molecule has 1 aliphatic rings. The summed E-state index contributed by atoms with van der Waals surface area (Å²) in [5, 5.41) is 3.10. The summed E-state index contributed by atoms with van der Waals surface area (Å²) in [5.74, 6) is 0.171.